The molecule has 1 aliphatic heterocycles. The number of hydrogen-bond donors (Lipinski definition) is 1. The number of nitro groups is 2. The van der Waals surface area contributed by atoms with E-state index in [1.54, 1.807) is 6.07 Å². The number of nitro benzene ring substituents is 2. The van der Waals surface area contributed by atoms with Crippen LogP contribution in [0.2, 0.25) is 0 Å². The third kappa shape index (κ3) is 4.30. The van der Waals surface area contributed by atoms with Gasteiger partial charge in [-0.05, 0) is 0 Å². The van der Waals surface area contributed by atoms with Crippen LogP contribution in [0.15, 0.2) is 30.6 Å². The lowest BCUT2D eigenvalue weighted by Crippen LogP contribution is -2.36. The van der Waals surface area contributed by atoms with Gasteiger partial charge in [0.05, 0.1) is 34.7 Å². The van der Waals surface area contributed by atoms with Gasteiger partial charge in [-0.15, -0.1) is 0 Å². The SMILES string of the molecule is O=C(Nc1cc(N2CCOCC2)ncn1)c1cc([N+](=O)[O-])cc([N+](=O)[O-])c1. The summed E-state index contributed by atoms with van der Waals surface area (Å²) < 4.78 is 5.27. The normalized spacial score (nSPS) is 13.9. The molecule has 0 aliphatic carbocycles. The highest BCUT2D eigenvalue weighted by atomic mass is 16.6. The van der Waals surface area contributed by atoms with Crippen LogP contribution in [-0.4, -0.2) is 52.0 Å². The van der Waals surface area contributed by atoms with E-state index in [1.807, 2.05) is 4.90 Å². The van der Waals surface area contributed by atoms with E-state index >= 15 is 0 Å². The van der Waals surface area contributed by atoms with Gasteiger partial charge in [-0.2, -0.15) is 0 Å². The van der Waals surface area contributed by atoms with Gasteiger partial charge < -0.3 is 15.0 Å². The molecule has 3 rings (SSSR count). The van der Waals surface area contributed by atoms with Crippen LogP contribution in [0.1, 0.15) is 10.4 Å². The van der Waals surface area contributed by atoms with E-state index in [1.165, 1.54) is 6.33 Å². The minimum atomic E-state index is -0.801. The highest BCUT2D eigenvalue weighted by molar-refractivity contribution is 6.04. The van der Waals surface area contributed by atoms with E-state index < -0.39 is 27.1 Å². The van der Waals surface area contributed by atoms with E-state index in [0.29, 0.717) is 32.1 Å². The number of ether oxygens (including phenoxy) is 1. The van der Waals surface area contributed by atoms with E-state index in [0.717, 1.165) is 18.2 Å². The summed E-state index contributed by atoms with van der Waals surface area (Å²) in [6.45, 7) is 2.40. The number of non-ortho nitro benzene ring substituents is 2. The fourth-order valence-electron chi connectivity index (χ4n) is 2.51. The highest BCUT2D eigenvalue weighted by Gasteiger charge is 2.20. The summed E-state index contributed by atoms with van der Waals surface area (Å²) in [6, 6.07) is 4.27. The zero-order chi connectivity index (χ0) is 19.4. The molecule has 12 nitrogen and oxygen atoms in total. The molecule has 12 heteroatoms. The first-order valence-electron chi connectivity index (χ1n) is 7.84. The molecule has 1 aromatic carbocycles. The van der Waals surface area contributed by atoms with Crippen LogP contribution in [-0.2, 0) is 4.74 Å². The molecule has 1 aromatic heterocycles. The highest BCUT2D eigenvalue weighted by Crippen LogP contribution is 2.23. The van der Waals surface area contributed by atoms with Gasteiger partial charge in [0.15, 0.2) is 0 Å². The van der Waals surface area contributed by atoms with Crippen molar-refractivity contribution in [3.63, 3.8) is 0 Å². The number of nitrogens with zero attached hydrogens (tertiary/aromatic N) is 5. The second-order valence-electron chi connectivity index (χ2n) is 5.57. The molecule has 0 unspecified atom stereocenters. The molecular formula is C15H14N6O6. The lowest BCUT2D eigenvalue weighted by atomic mass is 10.1. The van der Waals surface area contributed by atoms with Crippen molar-refractivity contribution in [3.05, 3.63) is 56.4 Å². The Hall–Kier alpha value is -3.67. The van der Waals surface area contributed by atoms with Gasteiger partial charge in [0.2, 0.25) is 0 Å². The first kappa shape index (κ1) is 18.1. The minimum Gasteiger partial charge on any atom is -0.378 e. The maximum atomic E-state index is 12.4. The van der Waals surface area contributed by atoms with E-state index in [4.69, 9.17) is 4.74 Å². The summed E-state index contributed by atoms with van der Waals surface area (Å²) >= 11 is 0. The van der Waals surface area contributed by atoms with Gasteiger partial charge in [0.25, 0.3) is 17.3 Å². The molecule has 140 valence electrons. The first-order chi connectivity index (χ1) is 12.9. The smallest absolute Gasteiger partial charge is 0.277 e. The van der Waals surface area contributed by atoms with Crippen LogP contribution < -0.4 is 10.2 Å². The average molecular weight is 374 g/mol. The lowest BCUT2D eigenvalue weighted by molar-refractivity contribution is -0.394. The molecule has 0 spiro atoms. The zero-order valence-electron chi connectivity index (χ0n) is 13.9. The molecule has 1 fully saturated rings. The number of nitrogens with one attached hydrogen (secondary N) is 1. The molecule has 0 atom stereocenters. The van der Waals surface area contributed by atoms with Crippen molar-refractivity contribution in [2.45, 2.75) is 0 Å². The van der Waals surface area contributed by atoms with Crippen molar-refractivity contribution in [1.82, 2.24) is 9.97 Å². The van der Waals surface area contributed by atoms with Crippen molar-refractivity contribution >= 4 is 28.9 Å². The molecule has 0 bridgehead atoms. The Bertz CT molecular complexity index is 866. The van der Waals surface area contributed by atoms with Crippen LogP contribution in [0.4, 0.5) is 23.0 Å². The Balaban J connectivity index is 1.83. The Morgan fingerprint density at radius 3 is 2.26 bits per heavy atom. The summed E-state index contributed by atoms with van der Waals surface area (Å²) in [5, 5.41) is 24.4. The second kappa shape index (κ2) is 7.70. The number of carbonyl (C=O) groups excluding carboxylic acids is 1. The van der Waals surface area contributed by atoms with Gasteiger partial charge in [-0.1, -0.05) is 0 Å². The van der Waals surface area contributed by atoms with Gasteiger partial charge in [0.1, 0.15) is 18.0 Å². The van der Waals surface area contributed by atoms with Crippen molar-refractivity contribution in [2.24, 2.45) is 0 Å². The average Bonchev–Trinajstić information content (AvgIpc) is 2.68. The fraction of sp³-hybridized carbons (Fsp3) is 0.267. The van der Waals surface area contributed by atoms with Crippen LogP contribution >= 0.6 is 0 Å². The maximum absolute atomic E-state index is 12.4. The molecule has 0 radical (unpaired) electrons. The van der Waals surface area contributed by atoms with Crippen molar-refractivity contribution in [2.75, 3.05) is 36.5 Å². The number of hydrogen-bond acceptors (Lipinski definition) is 9. The van der Waals surface area contributed by atoms with Crippen LogP contribution in [0.3, 0.4) is 0 Å². The molecule has 1 amide bonds. The summed E-state index contributed by atoms with van der Waals surface area (Å²) in [5.41, 5.74) is -1.32. The number of morpholine rings is 1. The van der Waals surface area contributed by atoms with E-state index in [2.05, 4.69) is 15.3 Å². The monoisotopic (exact) mass is 374 g/mol. The molecule has 1 saturated heterocycles. The third-order valence-electron chi connectivity index (χ3n) is 3.82. The Labute approximate surface area is 152 Å². The number of anilines is 2. The van der Waals surface area contributed by atoms with Gasteiger partial charge in [-0.25, -0.2) is 9.97 Å². The topological polar surface area (TPSA) is 154 Å². The second-order valence-corrected chi connectivity index (χ2v) is 5.57. The number of carbonyl (C=O) groups is 1. The first-order valence-corrected chi connectivity index (χ1v) is 7.84. The number of benzene rings is 1. The summed E-state index contributed by atoms with van der Waals surface area (Å²) in [5.74, 6) is 0.00713. The summed E-state index contributed by atoms with van der Waals surface area (Å²) in [6.07, 6.45) is 1.27. The predicted molar refractivity (Wildman–Crippen MR) is 92.8 cm³/mol. The Morgan fingerprint density at radius 1 is 1.04 bits per heavy atom. The standard InChI is InChI=1S/C15H14N6O6/c22-15(10-5-11(20(23)24)7-12(6-10)21(25)26)18-13-8-14(17-9-16-13)19-1-3-27-4-2-19/h5-9H,1-4H2,(H,16,17,18,22). The molecular weight excluding hydrogens is 360 g/mol. The number of rotatable bonds is 5. The van der Waals surface area contributed by atoms with E-state index in [9.17, 15) is 25.0 Å². The van der Waals surface area contributed by atoms with Crippen LogP contribution in [0.25, 0.3) is 0 Å². The third-order valence-corrected chi connectivity index (χ3v) is 3.82. The zero-order valence-corrected chi connectivity index (χ0v) is 13.9. The molecule has 27 heavy (non-hydrogen) atoms. The quantitative estimate of drug-likeness (QED) is 0.603. The van der Waals surface area contributed by atoms with Crippen molar-refractivity contribution in [3.8, 4) is 0 Å². The molecule has 2 heterocycles. The largest absolute Gasteiger partial charge is 0.378 e. The fourth-order valence-corrected chi connectivity index (χ4v) is 2.51. The number of aromatic nitrogens is 2. The lowest BCUT2D eigenvalue weighted by Gasteiger charge is -2.27. The molecule has 1 aliphatic rings. The van der Waals surface area contributed by atoms with E-state index in [-0.39, 0.29) is 11.4 Å². The minimum absolute atomic E-state index is 0.172. The Morgan fingerprint density at radius 2 is 1.67 bits per heavy atom. The van der Waals surface area contributed by atoms with Gasteiger partial charge >= 0.3 is 0 Å². The van der Waals surface area contributed by atoms with Gasteiger partial charge in [-0.3, -0.25) is 25.0 Å². The molecule has 2 aromatic rings. The van der Waals surface area contributed by atoms with Gasteiger partial charge in [0, 0.05) is 31.3 Å². The molecule has 1 N–H and O–H groups in total. The predicted octanol–water partition coefficient (Wildman–Crippen LogP) is 1.38. The summed E-state index contributed by atoms with van der Waals surface area (Å²) in [4.78, 5) is 42.7. The van der Waals surface area contributed by atoms with Crippen molar-refractivity contribution in [1.29, 1.82) is 0 Å². The Kier molecular flexibility index (Phi) is 5.17. The van der Waals surface area contributed by atoms with Crippen LogP contribution in [0, 0.1) is 20.2 Å². The van der Waals surface area contributed by atoms with Crippen LogP contribution in [0.5, 0.6) is 0 Å². The van der Waals surface area contributed by atoms with Crippen molar-refractivity contribution < 1.29 is 19.4 Å². The molecule has 0 saturated carbocycles. The number of amides is 1. The summed E-state index contributed by atoms with van der Waals surface area (Å²) in [7, 11) is 0. The maximum Gasteiger partial charge on any atom is 0.277 e.